The molecule has 5 aromatic rings. The summed E-state index contributed by atoms with van der Waals surface area (Å²) in [5.74, 6) is -0.451. The zero-order valence-corrected chi connectivity index (χ0v) is 20.0. The van der Waals surface area contributed by atoms with Crippen LogP contribution in [-0.2, 0) is 18.8 Å². The van der Waals surface area contributed by atoms with E-state index in [-0.39, 0.29) is 11.9 Å². The van der Waals surface area contributed by atoms with Crippen LogP contribution in [-0.4, -0.2) is 22.2 Å². The molecule has 166 valence electrons. The molecular weight excluding hydrogens is 455 g/mol. The molecule has 0 aliphatic rings. The summed E-state index contributed by atoms with van der Waals surface area (Å²) in [6.07, 6.45) is 4.31. The van der Waals surface area contributed by atoms with Gasteiger partial charge in [-0.3, -0.25) is 0 Å². The van der Waals surface area contributed by atoms with E-state index >= 15 is 0 Å². The van der Waals surface area contributed by atoms with E-state index in [0.717, 1.165) is 38.5 Å². The van der Waals surface area contributed by atoms with Crippen molar-refractivity contribution in [2.75, 3.05) is 7.11 Å². The van der Waals surface area contributed by atoms with Crippen LogP contribution in [0.25, 0.3) is 21.8 Å². The quantitative estimate of drug-likeness (QED) is 0.263. The van der Waals surface area contributed by atoms with Crippen molar-refractivity contribution in [3.05, 3.63) is 105 Å². The van der Waals surface area contributed by atoms with Crippen molar-refractivity contribution in [1.29, 1.82) is 0 Å². The molecule has 3 aromatic carbocycles. The van der Waals surface area contributed by atoms with Crippen LogP contribution in [0.5, 0.6) is 0 Å². The highest BCUT2D eigenvalue weighted by Gasteiger charge is 2.25. The van der Waals surface area contributed by atoms with E-state index in [9.17, 15) is 4.79 Å². The Morgan fingerprint density at radius 2 is 1.27 bits per heavy atom. The number of hydrogen-bond acceptors (Lipinski definition) is 2. The van der Waals surface area contributed by atoms with Gasteiger partial charge in [0.2, 0.25) is 0 Å². The molecule has 0 saturated heterocycles. The number of fused-ring (bicyclic) bond motifs is 2. The minimum absolute atomic E-state index is 0.0963. The summed E-state index contributed by atoms with van der Waals surface area (Å²) < 4.78 is 9.12. The lowest BCUT2D eigenvalue weighted by Gasteiger charge is -2.18. The van der Waals surface area contributed by atoms with Crippen LogP contribution in [0.3, 0.4) is 0 Å². The van der Waals surface area contributed by atoms with Crippen LogP contribution < -0.4 is 0 Å². The van der Waals surface area contributed by atoms with Gasteiger partial charge in [0.1, 0.15) is 0 Å². The summed E-state index contributed by atoms with van der Waals surface area (Å²) in [4.78, 5) is 12.0. The first-order valence-electron chi connectivity index (χ1n) is 10.5. The van der Waals surface area contributed by atoms with E-state index in [4.69, 9.17) is 27.9 Å². The average Bonchev–Trinajstić information content (AvgIpc) is 3.30. The number of benzene rings is 3. The smallest absolute Gasteiger partial charge is 0.337 e. The highest BCUT2D eigenvalue weighted by atomic mass is 35.5. The molecule has 6 heteroatoms. The van der Waals surface area contributed by atoms with E-state index in [2.05, 4.69) is 21.5 Å². The number of nitrogens with zero attached hydrogens (tertiary/aromatic N) is 2. The second-order valence-corrected chi connectivity index (χ2v) is 9.13. The summed E-state index contributed by atoms with van der Waals surface area (Å²) >= 11 is 12.8. The van der Waals surface area contributed by atoms with Crippen LogP contribution in [0.1, 0.15) is 33.0 Å². The summed E-state index contributed by atoms with van der Waals surface area (Å²) in [6, 6.07) is 19.5. The van der Waals surface area contributed by atoms with Crippen LogP contribution in [0.15, 0.2) is 73.1 Å². The van der Waals surface area contributed by atoms with E-state index in [1.165, 1.54) is 7.11 Å². The fourth-order valence-electron chi connectivity index (χ4n) is 4.71. The summed E-state index contributed by atoms with van der Waals surface area (Å²) in [5, 5.41) is 3.56. The monoisotopic (exact) mass is 476 g/mol. The molecule has 33 heavy (non-hydrogen) atoms. The van der Waals surface area contributed by atoms with Gasteiger partial charge in [-0.1, -0.05) is 35.3 Å². The van der Waals surface area contributed by atoms with E-state index in [1.54, 1.807) is 0 Å². The first kappa shape index (κ1) is 21.6. The maximum atomic E-state index is 12.0. The van der Waals surface area contributed by atoms with Crippen LogP contribution in [0.4, 0.5) is 0 Å². The van der Waals surface area contributed by atoms with Crippen molar-refractivity contribution < 1.29 is 9.53 Å². The third kappa shape index (κ3) is 3.69. The van der Waals surface area contributed by atoms with Crippen LogP contribution >= 0.6 is 23.2 Å². The molecule has 4 nitrogen and oxygen atoms in total. The maximum absolute atomic E-state index is 12.0. The topological polar surface area (TPSA) is 36.2 Å². The Bertz CT molecular complexity index is 1430. The molecule has 5 rings (SSSR count). The van der Waals surface area contributed by atoms with Crippen molar-refractivity contribution in [3.8, 4) is 0 Å². The molecule has 0 unspecified atom stereocenters. The standard InChI is InChI=1S/C27H22Cl2N2O2/c1-30-14-22(20-12-18(28)8-10-24(20)30)26(16-4-6-17(7-5-16)27(32)33-3)23-15-31(2)25-11-9-19(29)13-21(23)25/h4-15,26H,1-3H3. The fourth-order valence-corrected chi connectivity index (χ4v) is 5.05. The third-order valence-corrected chi connectivity index (χ3v) is 6.72. The number of ether oxygens (including phenoxy) is 1. The van der Waals surface area contributed by atoms with Crippen molar-refractivity contribution in [3.63, 3.8) is 0 Å². The first-order chi connectivity index (χ1) is 15.9. The van der Waals surface area contributed by atoms with Gasteiger partial charge in [-0.2, -0.15) is 0 Å². The van der Waals surface area contributed by atoms with Gasteiger partial charge >= 0.3 is 5.97 Å². The molecule has 0 spiro atoms. The Kier molecular flexibility index (Phi) is 5.43. The average molecular weight is 477 g/mol. The van der Waals surface area contributed by atoms with E-state index < -0.39 is 0 Å². The Morgan fingerprint density at radius 3 is 1.73 bits per heavy atom. The Balaban J connectivity index is 1.80. The third-order valence-electron chi connectivity index (χ3n) is 6.25. The number of carbonyl (C=O) groups is 1. The normalized spacial score (nSPS) is 11.6. The number of methoxy groups -OCH3 is 1. The Morgan fingerprint density at radius 1 is 0.788 bits per heavy atom. The summed E-state index contributed by atoms with van der Waals surface area (Å²) in [7, 11) is 5.47. The predicted octanol–water partition coefficient (Wildman–Crippen LogP) is 6.94. The molecular formula is C27H22Cl2N2O2. The minimum Gasteiger partial charge on any atom is -0.465 e. The molecule has 0 amide bonds. The maximum Gasteiger partial charge on any atom is 0.337 e. The summed E-state index contributed by atoms with van der Waals surface area (Å²) in [5.41, 5.74) is 6.04. The molecule has 0 radical (unpaired) electrons. The lowest BCUT2D eigenvalue weighted by molar-refractivity contribution is 0.0600. The van der Waals surface area contributed by atoms with E-state index in [1.807, 2.05) is 74.8 Å². The van der Waals surface area contributed by atoms with Crippen molar-refractivity contribution in [1.82, 2.24) is 9.13 Å². The number of halogens is 2. The van der Waals surface area contributed by atoms with E-state index in [0.29, 0.717) is 15.6 Å². The highest BCUT2D eigenvalue weighted by molar-refractivity contribution is 6.31. The van der Waals surface area contributed by atoms with Crippen LogP contribution in [0.2, 0.25) is 10.0 Å². The van der Waals surface area contributed by atoms with Gasteiger partial charge < -0.3 is 13.9 Å². The van der Waals surface area contributed by atoms with Gasteiger partial charge in [-0.25, -0.2) is 4.79 Å². The van der Waals surface area contributed by atoms with Crippen LogP contribution in [0, 0.1) is 0 Å². The zero-order chi connectivity index (χ0) is 23.3. The number of esters is 1. The highest BCUT2D eigenvalue weighted by Crippen LogP contribution is 2.41. The van der Waals surface area contributed by atoms with Crippen molar-refractivity contribution in [2.45, 2.75) is 5.92 Å². The van der Waals surface area contributed by atoms with Gasteiger partial charge in [0.25, 0.3) is 0 Å². The summed E-state index contributed by atoms with van der Waals surface area (Å²) in [6.45, 7) is 0. The molecule has 0 aliphatic carbocycles. The first-order valence-corrected chi connectivity index (χ1v) is 11.3. The molecule has 0 bridgehead atoms. The molecule has 0 saturated carbocycles. The van der Waals surface area contributed by atoms with Crippen molar-refractivity contribution >= 4 is 51.0 Å². The second-order valence-electron chi connectivity index (χ2n) is 8.26. The van der Waals surface area contributed by atoms with Gasteiger partial charge in [-0.15, -0.1) is 0 Å². The number of aromatic nitrogens is 2. The number of rotatable bonds is 4. The van der Waals surface area contributed by atoms with Gasteiger partial charge in [0.15, 0.2) is 0 Å². The number of aryl methyl sites for hydroxylation is 2. The lowest BCUT2D eigenvalue weighted by atomic mass is 9.84. The predicted molar refractivity (Wildman–Crippen MR) is 135 cm³/mol. The molecule has 0 atom stereocenters. The Labute approximate surface area is 201 Å². The molecule has 0 aliphatic heterocycles. The lowest BCUT2D eigenvalue weighted by Crippen LogP contribution is -2.05. The van der Waals surface area contributed by atoms with Gasteiger partial charge in [0.05, 0.1) is 12.7 Å². The van der Waals surface area contributed by atoms with Gasteiger partial charge in [-0.05, 0) is 65.2 Å². The fraction of sp³-hybridized carbons (Fsp3) is 0.148. The Hall–Kier alpha value is -3.21. The molecule has 2 aromatic heterocycles. The SMILES string of the molecule is COC(=O)c1ccc(C(c2cn(C)c3ccc(Cl)cc23)c2cn(C)c3ccc(Cl)cc23)cc1. The molecule has 0 N–H and O–H groups in total. The van der Waals surface area contributed by atoms with Gasteiger partial charge in [0, 0.05) is 64.3 Å². The molecule has 2 heterocycles. The van der Waals surface area contributed by atoms with Crippen molar-refractivity contribution in [2.24, 2.45) is 14.1 Å². The largest absolute Gasteiger partial charge is 0.465 e. The second kappa shape index (κ2) is 8.29. The minimum atomic E-state index is -0.355. The number of hydrogen-bond donors (Lipinski definition) is 0. The molecule has 0 fully saturated rings. The number of carbonyl (C=O) groups excluding carboxylic acids is 1. The zero-order valence-electron chi connectivity index (χ0n) is 18.5.